The lowest BCUT2D eigenvalue weighted by atomic mass is 9.77. The number of hydrogen-bond acceptors (Lipinski definition) is 1. The number of benzene rings is 1. The van der Waals surface area contributed by atoms with Gasteiger partial charge in [-0.15, -0.1) is 0 Å². The molecule has 4 rings (SSSR count). The van der Waals surface area contributed by atoms with Gasteiger partial charge in [-0.3, -0.25) is 4.79 Å². The number of carbonyl (C=O) groups is 1. The Morgan fingerprint density at radius 1 is 0.871 bits per heavy atom. The van der Waals surface area contributed by atoms with Crippen LogP contribution in [0.3, 0.4) is 0 Å². The number of amides is 1. The number of fused-ring (bicyclic) bond motifs is 3. The lowest BCUT2D eigenvalue weighted by Crippen LogP contribution is -2.50. The highest BCUT2D eigenvalue weighted by Gasteiger charge is 2.73. The minimum absolute atomic E-state index is 0.00185. The SMILES string of the molecule is O=C(C1CCCCC1)N1CC[C@H]2c3ccc(C(F)(C(F)(F)F)C(F)(F)F)cc3CC[C@H]21. The quantitative estimate of drug-likeness (QED) is 0.492. The Bertz CT molecular complexity index is 827. The van der Waals surface area contributed by atoms with Crippen LogP contribution < -0.4 is 0 Å². The summed E-state index contributed by atoms with van der Waals surface area (Å²) in [6, 6.07) is 2.42. The van der Waals surface area contributed by atoms with Crippen molar-refractivity contribution in [2.45, 2.75) is 81.3 Å². The molecule has 2 fully saturated rings. The predicted octanol–water partition coefficient (Wildman–Crippen LogP) is 6.19. The normalized spacial score (nSPS) is 25.3. The lowest BCUT2D eigenvalue weighted by molar-refractivity contribution is -0.348. The first-order valence-corrected chi connectivity index (χ1v) is 10.7. The summed E-state index contributed by atoms with van der Waals surface area (Å²) in [5.74, 6) is -0.0256. The summed E-state index contributed by atoms with van der Waals surface area (Å²) >= 11 is 0. The molecule has 0 N–H and O–H groups in total. The van der Waals surface area contributed by atoms with Crippen LogP contribution in [0.4, 0.5) is 30.7 Å². The van der Waals surface area contributed by atoms with Gasteiger partial charge in [-0.05, 0) is 43.2 Å². The predicted molar refractivity (Wildman–Crippen MR) is 99.1 cm³/mol. The van der Waals surface area contributed by atoms with E-state index in [1.165, 1.54) is 6.07 Å². The second kappa shape index (κ2) is 7.66. The Morgan fingerprint density at radius 2 is 1.52 bits per heavy atom. The minimum atomic E-state index is -6.12. The number of rotatable bonds is 2. The Kier molecular flexibility index (Phi) is 5.53. The second-order valence-corrected chi connectivity index (χ2v) is 8.94. The van der Waals surface area contributed by atoms with E-state index in [4.69, 9.17) is 0 Å². The van der Waals surface area contributed by atoms with E-state index >= 15 is 0 Å². The van der Waals surface area contributed by atoms with E-state index in [2.05, 4.69) is 0 Å². The molecule has 0 unspecified atom stereocenters. The van der Waals surface area contributed by atoms with E-state index in [0.29, 0.717) is 36.6 Å². The molecular formula is C22H24F7NO. The average molecular weight is 451 g/mol. The second-order valence-electron chi connectivity index (χ2n) is 8.94. The number of alkyl halides is 7. The van der Waals surface area contributed by atoms with Gasteiger partial charge in [-0.25, -0.2) is 4.39 Å². The number of carbonyl (C=O) groups excluding carboxylic acids is 1. The zero-order valence-corrected chi connectivity index (χ0v) is 16.8. The molecular weight excluding hydrogens is 427 g/mol. The molecule has 2 atom stereocenters. The van der Waals surface area contributed by atoms with Gasteiger partial charge in [0.15, 0.2) is 0 Å². The maximum absolute atomic E-state index is 14.4. The van der Waals surface area contributed by atoms with Crippen molar-refractivity contribution >= 4 is 5.91 Å². The smallest absolute Gasteiger partial charge is 0.339 e. The summed E-state index contributed by atoms with van der Waals surface area (Å²) in [7, 11) is 0. The van der Waals surface area contributed by atoms with E-state index < -0.39 is 23.6 Å². The standard InChI is InChI=1S/C22H24F7NO/c23-20(21(24,25)26,22(27,28)29)15-7-8-16-14(12-15)6-9-18-17(16)10-11-30(18)19(31)13-4-2-1-3-5-13/h7-8,12-13,17-18H,1-6,9-11H2/t17-,18+/m0/s1. The molecule has 172 valence electrons. The highest BCUT2D eigenvalue weighted by atomic mass is 19.4. The molecule has 31 heavy (non-hydrogen) atoms. The first kappa shape index (κ1) is 22.4. The topological polar surface area (TPSA) is 20.3 Å². The molecule has 1 aliphatic heterocycles. The van der Waals surface area contributed by atoms with Crippen LogP contribution in [0.15, 0.2) is 18.2 Å². The first-order chi connectivity index (χ1) is 14.4. The fourth-order valence-electron chi connectivity index (χ4n) is 5.62. The van der Waals surface area contributed by atoms with Crippen LogP contribution >= 0.6 is 0 Å². The summed E-state index contributed by atoms with van der Waals surface area (Å²) < 4.78 is 93.1. The van der Waals surface area contributed by atoms with Gasteiger partial charge < -0.3 is 4.90 Å². The molecule has 3 aliphatic rings. The van der Waals surface area contributed by atoms with E-state index in [9.17, 15) is 35.5 Å². The maximum atomic E-state index is 14.4. The van der Waals surface area contributed by atoms with Gasteiger partial charge in [0, 0.05) is 30.0 Å². The fraction of sp³-hybridized carbons (Fsp3) is 0.682. The van der Waals surface area contributed by atoms with Gasteiger partial charge in [0.2, 0.25) is 5.91 Å². The molecule has 0 spiro atoms. The van der Waals surface area contributed by atoms with Crippen LogP contribution in [-0.2, 0) is 16.9 Å². The molecule has 0 aromatic heterocycles. The molecule has 1 saturated heterocycles. The summed E-state index contributed by atoms with van der Waals surface area (Å²) in [4.78, 5) is 14.9. The number of aryl methyl sites for hydroxylation is 1. The molecule has 1 saturated carbocycles. The third kappa shape index (κ3) is 3.61. The summed E-state index contributed by atoms with van der Waals surface area (Å²) in [5, 5.41) is 0. The van der Waals surface area contributed by atoms with Crippen molar-refractivity contribution in [3.63, 3.8) is 0 Å². The van der Waals surface area contributed by atoms with Gasteiger partial charge in [0.05, 0.1) is 0 Å². The van der Waals surface area contributed by atoms with Crippen molar-refractivity contribution in [3.05, 3.63) is 34.9 Å². The molecule has 2 nitrogen and oxygen atoms in total. The highest BCUT2D eigenvalue weighted by Crippen LogP contribution is 2.54. The van der Waals surface area contributed by atoms with Crippen LogP contribution in [0, 0.1) is 5.92 Å². The van der Waals surface area contributed by atoms with Crippen LogP contribution in [0.5, 0.6) is 0 Å². The third-order valence-electron chi connectivity index (χ3n) is 7.21. The van der Waals surface area contributed by atoms with Crippen LogP contribution in [0.1, 0.15) is 67.6 Å². The summed E-state index contributed by atoms with van der Waals surface area (Å²) in [6.07, 6.45) is -6.07. The summed E-state index contributed by atoms with van der Waals surface area (Å²) in [6.45, 7) is 0.532. The van der Waals surface area contributed by atoms with Crippen molar-refractivity contribution in [3.8, 4) is 0 Å². The zero-order valence-electron chi connectivity index (χ0n) is 16.8. The number of nitrogens with zero attached hydrogens (tertiary/aromatic N) is 1. The Balaban J connectivity index is 1.61. The van der Waals surface area contributed by atoms with E-state index in [-0.39, 0.29) is 30.2 Å². The maximum Gasteiger partial charge on any atom is 0.435 e. The molecule has 1 amide bonds. The van der Waals surface area contributed by atoms with Gasteiger partial charge in [0.25, 0.3) is 0 Å². The highest BCUT2D eigenvalue weighted by molar-refractivity contribution is 5.80. The van der Waals surface area contributed by atoms with Crippen LogP contribution in [0.25, 0.3) is 0 Å². The molecule has 1 heterocycles. The largest absolute Gasteiger partial charge is 0.435 e. The van der Waals surface area contributed by atoms with Gasteiger partial charge >= 0.3 is 18.0 Å². The monoisotopic (exact) mass is 451 g/mol. The number of hydrogen-bond donors (Lipinski definition) is 0. The minimum Gasteiger partial charge on any atom is -0.339 e. The molecule has 1 aromatic rings. The fourth-order valence-corrected chi connectivity index (χ4v) is 5.62. The molecule has 2 aliphatic carbocycles. The van der Waals surface area contributed by atoms with Crippen molar-refractivity contribution in [2.75, 3.05) is 6.54 Å². The number of likely N-dealkylation sites (tertiary alicyclic amines) is 1. The Morgan fingerprint density at radius 3 is 2.13 bits per heavy atom. The molecule has 9 heteroatoms. The first-order valence-electron chi connectivity index (χ1n) is 10.7. The van der Waals surface area contributed by atoms with Crippen molar-refractivity contribution in [1.82, 2.24) is 4.90 Å². The van der Waals surface area contributed by atoms with Crippen molar-refractivity contribution in [2.24, 2.45) is 5.92 Å². The molecule has 1 aromatic carbocycles. The van der Waals surface area contributed by atoms with Crippen LogP contribution in [-0.4, -0.2) is 35.7 Å². The Labute approximate surface area is 175 Å². The molecule has 0 radical (unpaired) electrons. The van der Waals surface area contributed by atoms with Crippen molar-refractivity contribution in [1.29, 1.82) is 0 Å². The lowest BCUT2D eigenvalue weighted by Gasteiger charge is -2.37. The van der Waals surface area contributed by atoms with Crippen LogP contribution in [0.2, 0.25) is 0 Å². The summed E-state index contributed by atoms with van der Waals surface area (Å²) in [5.41, 5.74) is -5.91. The zero-order chi connectivity index (χ0) is 22.6. The van der Waals surface area contributed by atoms with Crippen molar-refractivity contribution < 1.29 is 35.5 Å². The van der Waals surface area contributed by atoms with Gasteiger partial charge in [0.1, 0.15) is 0 Å². The van der Waals surface area contributed by atoms with E-state index in [1.807, 2.05) is 4.90 Å². The average Bonchev–Trinajstić information content (AvgIpc) is 3.15. The molecule has 0 bridgehead atoms. The van der Waals surface area contributed by atoms with E-state index in [0.717, 1.165) is 38.2 Å². The van der Waals surface area contributed by atoms with E-state index in [1.54, 1.807) is 0 Å². The van der Waals surface area contributed by atoms with Gasteiger partial charge in [-0.1, -0.05) is 37.5 Å². The number of halogens is 7. The third-order valence-corrected chi connectivity index (χ3v) is 7.21. The van der Waals surface area contributed by atoms with Gasteiger partial charge in [-0.2, -0.15) is 26.3 Å². The Hall–Kier alpha value is -1.80.